The minimum absolute atomic E-state index is 0.275. The molecule has 4 nitrogen and oxygen atoms in total. The SMILES string of the molecule is C[C@H](NC(=O)c1ccc(F)cc1)c1nc2ccccc2n1Cc1ccc(Cl)cc1. The lowest BCUT2D eigenvalue weighted by atomic mass is 10.2. The third-order valence-electron chi connectivity index (χ3n) is 4.78. The number of para-hydroxylation sites is 2. The first-order chi connectivity index (χ1) is 14.0. The molecule has 1 heterocycles. The number of benzene rings is 3. The average molecular weight is 408 g/mol. The fraction of sp³-hybridized carbons (Fsp3) is 0.130. The number of hydrogen-bond acceptors (Lipinski definition) is 2. The molecule has 1 amide bonds. The zero-order chi connectivity index (χ0) is 20.4. The number of amides is 1. The van der Waals surface area contributed by atoms with Crippen LogP contribution in [0.3, 0.4) is 0 Å². The highest BCUT2D eigenvalue weighted by molar-refractivity contribution is 6.30. The van der Waals surface area contributed by atoms with Crippen molar-refractivity contribution in [3.8, 4) is 0 Å². The molecule has 3 aromatic carbocycles. The molecule has 1 aromatic heterocycles. The van der Waals surface area contributed by atoms with Gasteiger partial charge in [0.05, 0.1) is 17.1 Å². The van der Waals surface area contributed by atoms with E-state index in [0.29, 0.717) is 17.1 Å². The first-order valence-corrected chi connectivity index (χ1v) is 9.65. The van der Waals surface area contributed by atoms with Gasteiger partial charge in [0.2, 0.25) is 0 Å². The number of imidazole rings is 1. The number of fused-ring (bicyclic) bond motifs is 1. The molecule has 146 valence electrons. The topological polar surface area (TPSA) is 46.9 Å². The molecular weight excluding hydrogens is 389 g/mol. The van der Waals surface area contributed by atoms with Crippen molar-refractivity contribution >= 4 is 28.5 Å². The summed E-state index contributed by atoms with van der Waals surface area (Å²) in [6.45, 7) is 2.49. The van der Waals surface area contributed by atoms with Gasteiger partial charge in [-0.15, -0.1) is 0 Å². The van der Waals surface area contributed by atoms with Gasteiger partial charge in [-0.25, -0.2) is 9.37 Å². The van der Waals surface area contributed by atoms with Crippen LogP contribution in [-0.2, 0) is 6.54 Å². The van der Waals surface area contributed by atoms with E-state index in [2.05, 4.69) is 9.88 Å². The Morgan fingerprint density at radius 1 is 1.07 bits per heavy atom. The molecule has 1 N–H and O–H groups in total. The molecule has 0 radical (unpaired) electrons. The molecule has 0 bridgehead atoms. The molecule has 0 fully saturated rings. The third-order valence-corrected chi connectivity index (χ3v) is 5.03. The van der Waals surface area contributed by atoms with Crippen LogP contribution in [0.1, 0.15) is 34.7 Å². The number of nitrogens with zero attached hydrogens (tertiary/aromatic N) is 2. The Morgan fingerprint density at radius 3 is 2.48 bits per heavy atom. The van der Waals surface area contributed by atoms with Gasteiger partial charge >= 0.3 is 0 Å². The van der Waals surface area contributed by atoms with Crippen LogP contribution in [0.15, 0.2) is 72.8 Å². The summed E-state index contributed by atoms with van der Waals surface area (Å²) in [5, 5.41) is 3.65. The maximum Gasteiger partial charge on any atom is 0.251 e. The maximum atomic E-state index is 13.1. The van der Waals surface area contributed by atoms with Gasteiger partial charge in [-0.05, 0) is 61.0 Å². The normalized spacial score (nSPS) is 12.1. The van der Waals surface area contributed by atoms with Crippen LogP contribution in [0, 0.1) is 5.82 Å². The van der Waals surface area contributed by atoms with Crippen molar-refractivity contribution in [2.75, 3.05) is 0 Å². The number of hydrogen-bond donors (Lipinski definition) is 1. The van der Waals surface area contributed by atoms with Gasteiger partial charge in [-0.1, -0.05) is 35.9 Å². The summed E-state index contributed by atoms with van der Waals surface area (Å²) in [5.74, 6) is 0.0959. The van der Waals surface area contributed by atoms with Crippen molar-refractivity contribution in [2.24, 2.45) is 0 Å². The molecule has 0 aliphatic rings. The second-order valence-electron chi connectivity index (χ2n) is 6.87. The van der Waals surface area contributed by atoms with Crippen molar-refractivity contribution in [2.45, 2.75) is 19.5 Å². The molecule has 29 heavy (non-hydrogen) atoms. The van der Waals surface area contributed by atoms with Crippen molar-refractivity contribution in [3.05, 3.63) is 101 Å². The van der Waals surface area contributed by atoms with Gasteiger partial charge < -0.3 is 9.88 Å². The minimum atomic E-state index is -0.376. The molecule has 0 unspecified atom stereocenters. The van der Waals surface area contributed by atoms with Gasteiger partial charge in [0.1, 0.15) is 11.6 Å². The van der Waals surface area contributed by atoms with Gasteiger partial charge in [0, 0.05) is 17.1 Å². The molecule has 4 aromatic rings. The van der Waals surface area contributed by atoms with E-state index in [1.54, 1.807) is 0 Å². The largest absolute Gasteiger partial charge is 0.342 e. The Balaban J connectivity index is 1.65. The third kappa shape index (κ3) is 4.15. The van der Waals surface area contributed by atoms with E-state index in [-0.39, 0.29) is 17.8 Å². The van der Waals surface area contributed by atoms with Crippen LogP contribution >= 0.6 is 11.6 Å². The Hall–Kier alpha value is -3.18. The Kier molecular flexibility index (Phi) is 5.32. The first kappa shape index (κ1) is 19.2. The number of rotatable bonds is 5. The molecule has 0 saturated heterocycles. The second kappa shape index (κ2) is 8.05. The minimum Gasteiger partial charge on any atom is -0.342 e. The Bertz CT molecular complexity index is 1150. The maximum absolute atomic E-state index is 13.1. The highest BCUT2D eigenvalue weighted by Gasteiger charge is 2.19. The van der Waals surface area contributed by atoms with Crippen molar-refractivity contribution in [1.29, 1.82) is 0 Å². The van der Waals surface area contributed by atoms with E-state index >= 15 is 0 Å². The van der Waals surface area contributed by atoms with E-state index in [4.69, 9.17) is 16.6 Å². The lowest BCUT2D eigenvalue weighted by Gasteiger charge is -2.17. The molecule has 0 saturated carbocycles. The van der Waals surface area contributed by atoms with Crippen LogP contribution in [0.2, 0.25) is 5.02 Å². The van der Waals surface area contributed by atoms with Gasteiger partial charge in [0.15, 0.2) is 0 Å². The van der Waals surface area contributed by atoms with Gasteiger partial charge in [-0.2, -0.15) is 0 Å². The van der Waals surface area contributed by atoms with Crippen molar-refractivity contribution < 1.29 is 9.18 Å². The number of carbonyl (C=O) groups excluding carboxylic acids is 1. The Morgan fingerprint density at radius 2 is 1.76 bits per heavy atom. The van der Waals surface area contributed by atoms with E-state index < -0.39 is 0 Å². The molecule has 1 atom stereocenters. The highest BCUT2D eigenvalue weighted by atomic mass is 35.5. The smallest absolute Gasteiger partial charge is 0.251 e. The summed E-state index contributed by atoms with van der Waals surface area (Å²) < 4.78 is 15.2. The van der Waals surface area contributed by atoms with Gasteiger partial charge in [-0.3, -0.25) is 4.79 Å². The molecule has 0 aliphatic carbocycles. The summed E-state index contributed by atoms with van der Waals surface area (Å²) in [7, 11) is 0. The number of carbonyl (C=O) groups is 1. The summed E-state index contributed by atoms with van der Waals surface area (Å²) in [4.78, 5) is 17.3. The van der Waals surface area contributed by atoms with Gasteiger partial charge in [0.25, 0.3) is 5.91 Å². The predicted molar refractivity (Wildman–Crippen MR) is 113 cm³/mol. The molecular formula is C23H19ClFN3O. The van der Waals surface area contributed by atoms with E-state index in [1.807, 2.05) is 55.5 Å². The number of aromatic nitrogens is 2. The van der Waals surface area contributed by atoms with Crippen LogP contribution < -0.4 is 5.32 Å². The van der Waals surface area contributed by atoms with Crippen LogP contribution in [-0.4, -0.2) is 15.5 Å². The van der Waals surface area contributed by atoms with E-state index in [0.717, 1.165) is 22.4 Å². The molecule has 0 aliphatic heterocycles. The monoisotopic (exact) mass is 407 g/mol. The van der Waals surface area contributed by atoms with Crippen molar-refractivity contribution in [1.82, 2.24) is 14.9 Å². The van der Waals surface area contributed by atoms with E-state index in [9.17, 15) is 9.18 Å². The zero-order valence-electron chi connectivity index (χ0n) is 15.8. The second-order valence-corrected chi connectivity index (χ2v) is 7.31. The molecule has 6 heteroatoms. The first-order valence-electron chi connectivity index (χ1n) is 9.27. The molecule has 0 spiro atoms. The summed E-state index contributed by atoms with van der Waals surface area (Å²) in [6, 6.07) is 20.7. The average Bonchev–Trinajstić information content (AvgIpc) is 3.09. The van der Waals surface area contributed by atoms with Crippen LogP contribution in [0.4, 0.5) is 4.39 Å². The number of halogens is 2. The number of nitrogens with one attached hydrogen (secondary N) is 1. The van der Waals surface area contributed by atoms with Crippen LogP contribution in [0.5, 0.6) is 0 Å². The highest BCUT2D eigenvalue weighted by Crippen LogP contribution is 2.23. The summed E-state index contributed by atoms with van der Waals surface area (Å²) in [5.41, 5.74) is 3.33. The van der Waals surface area contributed by atoms with Crippen LogP contribution in [0.25, 0.3) is 11.0 Å². The Labute approximate surface area is 173 Å². The van der Waals surface area contributed by atoms with Crippen molar-refractivity contribution in [3.63, 3.8) is 0 Å². The lowest BCUT2D eigenvalue weighted by Crippen LogP contribution is -2.28. The fourth-order valence-corrected chi connectivity index (χ4v) is 3.44. The quantitative estimate of drug-likeness (QED) is 0.483. The standard InChI is InChI=1S/C23H19ClFN3O/c1-15(26-23(29)17-8-12-19(25)13-9-17)22-27-20-4-2-3-5-21(20)28(22)14-16-6-10-18(24)11-7-16/h2-13,15H,14H2,1H3,(H,26,29)/t15-/m0/s1. The molecule has 4 rings (SSSR count). The summed E-state index contributed by atoms with van der Waals surface area (Å²) in [6.07, 6.45) is 0. The fourth-order valence-electron chi connectivity index (χ4n) is 3.31. The zero-order valence-corrected chi connectivity index (χ0v) is 16.5. The van der Waals surface area contributed by atoms with E-state index in [1.165, 1.54) is 24.3 Å². The summed E-state index contributed by atoms with van der Waals surface area (Å²) >= 11 is 6.01. The predicted octanol–water partition coefficient (Wildman–Crippen LogP) is 5.37. The lowest BCUT2D eigenvalue weighted by molar-refractivity contribution is 0.0937.